The lowest BCUT2D eigenvalue weighted by molar-refractivity contribution is -0.141. The van der Waals surface area contributed by atoms with Crippen LogP contribution in [0.15, 0.2) is 36.5 Å². The van der Waals surface area contributed by atoms with Crippen molar-refractivity contribution in [2.75, 3.05) is 0 Å². The summed E-state index contributed by atoms with van der Waals surface area (Å²) in [7, 11) is 0. The van der Waals surface area contributed by atoms with Crippen LogP contribution in [-0.2, 0) is 4.79 Å². The zero-order valence-electron chi connectivity index (χ0n) is 8.91. The van der Waals surface area contributed by atoms with Crippen molar-refractivity contribution in [3.63, 3.8) is 0 Å². The number of amides is 1. The van der Waals surface area contributed by atoms with Crippen LogP contribution in [0.2, 0.25) is 0 Å². The van der Waals surface area contributed by atoms with E-state index in [1.807, 2.05) is 0 Å². The molecule has 1 aromatic rings. The highest BCUT2D eigenvalue weighted by molar-refractivity contribution is 5.98. The molecule has 0 saturated heterocycles. The third-order valence-corrected chi connectivity index (χ3v) is 2.57. The topological polar surface area (TPSA) is 77.8 Å². The van der Waals surface area contributed by atoms with Crippen LogP contribution in [0.1, 0.15) is 16.8 Å². The number of hydrogen-bond acceptors (Lipinski definition) is 3. The maximum absolute atomic E-state index is 12.0. The maximum Gasteiger partial charge on any atom is 0.327 e. The van der Waals surface area contributed by atoms with Gasteiger partial charge in [-0.15, -0.1) is 0 Å². The van der Waals surface area contributed by atoms with Crippen molar-refractivity contribution < 1.29 is 19.8 Å². The average molecular weight is 233 g/mol. The minimum absolute atomic E-state index is 0.0223. The summed E-state index contributed by atoms with van der Waals surface area (Å²) in [5, 5.41) is 18.2. The second-order valence-corrected chi connectivity index (χ2v) is 3.74. The minimum Gasteiger partial charge on any atom is -0.508 e. The highest BCUT2D eigenvalue weighted by Crippen LogP contribution is 2.20. The predicted molar refractivity (Wildman–Crippen MR) is 59.5 cm³/mol. The van der Waals surface area contributed by atoms with Crippen molar-refractivity contribution >= 4 is 11.9 Å². The smallest absolute Gasteiger partial charge is 0.327 e. The lowest BCUT2D eigenvalue weighted by Gasteiger charge is -2.20. The molecule has 0 aromatic heterocycles. The molecule has 1 unspecified atom stereocenters. The number of phenolic OH excluding ortho intramolecular Hbond substituents is 1. The second kappa shape index (κ2) is 4.29. The van der Waals surface area contributed by atoms with Crippen LogP contribution in [0.4, 0.5) is 0 Å². The van der Waals surface area contributed by atoms with Gasteiger partial charge in [0.15, 0.2) is 0 Å². The Kier molecular flexibility index (Phi) is 2.82. The van der Waals surface area contributed by atoms with Gasteiger partial charge in [-0.1, -0.05) is 12.1 Å². The van der Waals surface area contributed by atoms with Gasteiger partial charge in [-0.2, -0.15) is 0 Å². The number of carbonyl (C=O) groups excluding carboxylic acids is 1. The van der Waals surface area contributed by atoms with E-state index in [0.717, 1.165) is 4.90 Å². The molecule has 5 nitrogen and oxygen atoms in total. The molecule has 0 spiro atoms. The summed E-state index contributed by atoms with van der Waals surface area (Å²) in [4.78, 5) is 24.1. The van der Waals surface area contributed by atoms with Crippen molar-refractivity contribution in [1.29, 1.82) is 0 Å². The Morgan fingerprint density at radius 3 is 2.76 bits per heavy atom. The van der Waals surface area contributed by atoms with Crippen molar-refractivity contribution in [2.24, 2.45) is 0 Å². The Morgan fingerprint density at radius 2 is 2.12 bits per heavy atom. The number of aliphatic carboxylic acids is 1. The van der Waals surface area contributed by atoms with E-state index in [2.05, 4.69) is 0 Å². The SMILES string of the molecule is O=C(O)C1CC=CN1C(=O)c1cccc(O)c1. The highest BCUT2D eigenvalue weighted by Gasteiger charge is 2.31. The van der Waals surface area contributed by atoms with E-state index in [0.29, 0.717) is 6.42 Å². The fraction of sp³-hybridized carbons (Fsp3) is 0.167. The second-order valence-electron chi connectivity index (χ2n) is 3.74. The first-order valence-corrected chi connectivity index (χ1v) is 5.11. The van der Waals surface area contributed by atoms with Gasteiger partial charge in [0, 0.05) is 11.8 Å². The summed E-state index contributed by atoms with van der Waals surface area (Å²) in [5.74, 6) is -1.49. The van der Waals surface area contributed by atoms with Gasteiger partial charge in [-0.25, -0.2) is 4.79 Å². The molecule has 1 amide bonds. The first kappa shape index (κ1) is 11.2. The lowest BCUT2D eigenvalue weighted by atomic mass is 10.1. The fourth-order valence-corrected chi connectivity index (χ4v) is 1.74. The van der Waals surface area contributed by atoms with Crippen LogP contribution in [0.3, 0.4) is 0 Å². The van der Waals surface area contributed by atoms with E-state index in [-0.39, 0.29) is 11.3 Å². The molecule has 88 valence electrons. The van der Waals surface area contributed by atoms with E-state index in [4.69, 9.17) is 5.11 Å². The van der Waals surface area contributed by atoms with Gasteiger partial charge in [-0.05, 0) is 24.6 Å². The van der Waals surface area contributed by atoms with E-state index in [1.165, 1.54) is 30.5 Å². The zero-order chi connectivity index (χ0) is 12.4. The summed E-state index contributed by atoms with van der Waals surface area (Å²) in [6.07, 6.45) is 3.41. The van der Waals surface area contributed by atoms with E-state index in [9.17, 15) is 14.7 Å². The molecule has 1 aliphatic heterocycles. The number of carboxylic acids is 1. The average Bonchev–Trinajstić information content (AvgIpc) is 2.77. The summed E-state index contributed by atoms with van der Waals surface area (Å²) in [6.45, 7) is 0. The molecule has 1 heterocycles. The number of carbonyl (C=O) groups is 2. The first-order valence-electron chi connectivity index (χ1n) is 5.11. The summed E-state index contributed by atoms with van der Waals surface area (Å²) in [6, 6.07) is 4.98. The van der Waals surface area contributed by atoms with Crippen molar-refractivity contribution in [1.82, 2.24) is 4.90 Å². The Labute approximate surface area is 97.6 Å². The predicted octanol–water partition coefficient (Wildman–Crippen LogP) is 1.20. The normalized spacial score (nSPS) is 18.4. The van der Waals surface area contributed by atoms with Crippen molar-refractivity contribution in [3.8, 4) is 5.75 Å². The number of hydrogen-bond donors (Lipinski definition) is 2. The highest BCUT2D eigenvalue weighted by atomic mass is 16.4. The largest absolute Gasteiger partial charge is 0.508 e. The molecular weight excluding hydrogens is 222 g/mol. The van der Waals surface area contributed by atoms with Gasteiger partial charge in [0.25, 0.3) is 5.91 Å². The molecule has 1 aromatic carbocycles. The first-order chi connectivity index (χ1) is 8.09. The minimum atomic E-state index is -1.04. The number of carboxylic acid groups (broad SMARTS) is 1. The monoisotopic (exact) mass is 233 g/mol. The van der Waals surface area contributed by atoms with Crippen LogP contribution < -0.4 is 0 Å². The fourth-order valence-electron chi connectivity index (χ4n) is 1.74. The molecule has 0 bridgehead atoms. The molecule has 1 atom stereocenters. The molecule has 1 aliphatic rings. The van der Waals surface area contributed by atoms with Crippen LogP contribution in [0.5, 0.6) is 5.75 Å². The standard InChI is InChI=1S/C12H11NO4/c14-9-4-1-3-8(7-9)11(15)13-6-2-5-10(13)12(16)17/h1-4,6-7,10,14H,5H2,(H,16,17). The van der Waals surface area contributed by atoms with E-state index in [1.54, 1.807) is 6.08 Å². The van der Waals surface area contributed by atoms with Crippen molar-refractivity contribution in [3.05, 3.63) is 42.1 Å². The Balaban J connectivity index is 2.26. The van der Waals surface area contributed by atoms with Crippen LogP contribution in [-0.4, -0.2) is 33.0 Å². The number of benzene rings is 1. The van der Waals surface area contributed by atoms with Gasteiger partial charge in [0.1, 0.15) is 11.8 Å². The molecule has 0 aliphatic carbocycles. The van der Waals surface area contributed by atoms with Crippen LogP contribution >= 0.6 is 0 Å². The number of nitrogens with zero attached hydrogens (tertiary/aromatic N) is 1. The zero-order valence-corrected chi connectivity index (χ0v) is 8.91. The summed E-state index contributed by atoms with van der Waals surface area (Å²) in [5.41, 5.74) is 0.266. The quantitative estimate of drug-likeness (QED) is 0.804. The van der Waals surface area contributed by atoms with Gasteiger partial charge < -0.3 is 15.1 Å². The summed E-state index contributed by atoms with van der Waals surface area (Å²) >= 11 is 0. The molecule has 2 rings (SSSR count). The van der Waals surface area contributed by atoms with E-state index < -0.39 is 17.9 Å². The molecule has 0 fully saturated rings. The molecule has 0 radical (unpaired) electrons. The number of phenols is 1. The van der Waals surface area contributed by atoms with Crippen LogP contribution in [0.25, 0.3) is 0 Å². The molecule has 5 heteroatoms. The third-order valence-electron chi connectivity index (χ3n) is 2.57. The van der Waals surface area contributed by atoms with Crippen molar-refractivity contribution in [2.45, 2.75) is 12.5 Å². The Bertz CT molecular complexity index is 495. The lowest BCUT2D eigenvalue weighted by Crippen LogP contribution is -2.38. The Hall–Kier alpha value is -2.30. The Morgan fingerprint density at radius 1 is 1.35 bits per heavy atom. The van der Waals surface area contributed by atoms with Gasteiger partial charge in [-0.3, -0.25) is 4.79 Å². The number of rotatable bonds is 2. The van der Waals surface area contributed by atoms with E-state index >= 15 is 0 Å². The van der Waals surface area contributed by atoms with Crippen LogP contribution in [0, 0.1) is 0 Å². The summed E-state index contributed by atoms with van der Waals surface area (Å²) < 4.78 is 0. The number of aromatic hydroxyl groups is 1. The molecule has 0 saturated carbocycles. The van der Waals surface area contributed by atoms with Gasteiger partial charge in [0.05, 0.1) is 0 Å². The third kappa shape index (κ3) is 2.13. The van der Waals surface area contributed by atoms with Gasteiger partial charge >= 0.3 is 5.97 Å². The van der Waals surface area contributed by atoms with Gasteiger partial charge in [0.2, 0.25) is 0 Å². The maximum atomic E-state index is 12.0. The molecule has 2 N–H and O–H groups in total. The molecular formula is C12H11NO4. The molecule has 17 heavy (non-hydrogen) atoms.